The molecule has 0 saturated heterocycles. The molecule has 1 aliphatic carbocycles. The highest BCUT2D eigenvalue weighted by Crippen LogP contribution is 2.33. The third-order valence-corrected chi connectivity index (χ3v) is 4.42. The fourth-order valence-corrected chi connectivity index (χ4v) is 3.33. The molecule has 3 rings (SSSR count). The van der Waals surface area contributed by atoms with E-state index in [2.05, 4.69) is 66.3 Å². The van der Waals surface area contributed by atoms with Gasteiger partial charge in [-0.05, 0) is 47.9 Å². The van der Waals surface area contributed by atoms with Crippen LogP contribution in [0.1, 0.15) is 28.3 Å². The molecule has 2 N–H and O–H groups in total. The first-order valence-corrected chi connectivity index (χ1v) is 7.67. The molecule has 0 aliphatic heterocycles. The topological polar surface area (TPSA) is 24.1 Å². The number of rotatable bonds is 5. The van der Waals surface area contributed by atoms with Crippen molar-refractivity contribution in [2.24, 2.45) is 0 Å². The Morgan fingerprint density at radius 3 is 2.55 bits per heavy atom. The number of hydrogen-bond donors (Lipinski definition) is 2. The zero-order valence-corrected chi connectivity index (χ0v) is 13.0. The van der Waals surface area contributed by atoms with E-state index in [-0.39, 0.29) is 0 Å². The Labute approximate surface area is 132 Å². The molecule has 0 amide bonds. The second kappa shape index (κ2) is 6.20. The van der Waals surface area contributed by atoms with E-state index in [9.17, 15) is 0 Å². The molecule has 2 nitrogen and oxygen atoms in total. The molecule has 1 aliphatic rings. The smallest absolute Gasteiger partial charge is 0.0528 e. The summed E-state index contributed by atoms with van der Waals surface area (Å²) in [5, 5.41) is 7.11. The summed E-state index contributed by atoms with van der Waals surface area (Å²) in [6, 6.07) is 15.7. The second-order valence-corrected chi connectivity index (χ2v) is 5.67. The number of fused-ring (bicyclic) bond motifs is 1. The molecule has 0 fully saturated rings. The van der Waals surface area contributed by atoms with E-state index >= 15 is 0 Å². The molecule has 0 spiro atoms. The van der Waals surface area contributed by atoms with Gasteiger partial charge in [0.05, 0.1) is 6.04 Å². The minimum atomic E-state index is 0.336. The van der Waals surface area contributed by atoms with Crippen molar-refractivity contribution >= 4 is 17.8 Å². The van der Waals surface area contributed by atoms with E-state index in [0.717, 1.165) is 23.2 Å². The highest BCUT2D eigenvalue weighted by atomic mass is 15.0. The van der Waals surface area contributed by atoms with Gasteiger partial charge in [-0.3, -0.25) is 0 Å². The number of nitrogens with one attached hydrogen (secondary N) is 2. The van der Waals surface area contributed by atoms with E-state index in [1.165, 1.54) is 11.1 Å². The van der Waals surface area contributed by atoms with E-state index in [0.29, 0.717) is 12.1 Å². The maximum Gasteiger partial charge on any atom is 0.0528 e. The lowest BCUT2D eigenvalue weighted by atomic mass is 10.0. The number of hydrogen-bond acceptors (Lipinski definition) is 2. The minimum Gasteiger partial charge on any atom is -0.380 e. The third kappa shape index (κ3) is 2.58. The minimum absolute atomic E-state index is 0.336. The lowest BCUT2D eigenvalue weighted by Gasteiger charge is -2.23. The van der Waals surface area contributed by atoms with Crippen molar-refractivity contribution < 1.29 is 0 Å². The molecule has 2 atom stereocenters. The first kappa shape index (κ1) is 14.6. The predicted octanol–water partition coefficient (Wildman–Crippen LogP) is 4.27. The van der Waals surface area contributed by atoms with Crippen molar-refractivity contribution in [2.45, 2.75) is 18.5 Å². The van der Waals surface area contributed by atoms with Crippen molar-refractivity contribution in [3.8, 4) is 0 Å². The molecule has 2 aromatic carbocycles. The summed E-state index contributed by atoms with van der Waals surface area (Å²) in [5.74, 6) is 0. The maximum atomic E-state index is 3.89. The van der Waals surface area contributed by atoms with E-state index in [1.54, 1.807) is 0 Å². The standard InChI is InChI=1S/C20H22N2/c1-4-14-10-11-17(12-15(14)5-2)22-19-13-16-8-6-7-9-18(16)20(19)21-3/h4-12,19-22H,1-2,13H2,3H3. The Balaban J connectivity index is 1.85. The molecule has 0 heterocycles. The van der Waals surface area contributed by atoms with Gasteiger partial charge in [0.25, 0.3) is 0 Å². The first-order valence-electron chi connectivity index (χ1n) is 7.67. The van der Waals surface area contributed by atoms with Crippen LogP contribution in [0.3, 0.4) is 0 Å². The molecule has 22 heavy (non-hydrogen) atoms. The van der Waals surface area contributed by atoms with Crippen molar-refractivity contribution in [1.29, 1.82) is 0 Å². The van der Waals surface area contributed by atoms with Crippen molar-refractivity contribution in [3.05, 3.63) is 77.9 Å². The van der Waals surface area contributed by atoms with Crippen LogP contribution in [0.5, 0.6) is 0 Å². The number of likely N-dealkylation sites (N-methyl/N-ethyl adjacent to an activating group) is 1. The van der Waals surface area contributed by atoms with Crippen LogP contribution in [0.15, 0.2) is 55.6 Å². The predicted molar refractivity (Wildman–Crippen MR) is 96.0 cm³/mol. The van der Waals surface area contributed by atoms with Gasteiger partial charge < -0.3 is 10.6 Å². The van der Waals surface area contributed by atoms with Crippen LogP contribution in [0.4, 0.5) is 5.69 Å². The Kier molecular flexibility index (Phi) is 4.12. The lowest BCUT2D eigenvalue weighted by molar-refractivity contribution is 0.538. The summed E-state index contributed by atoms with van der Waals surface area (Å²) < 4.78 is 0. The number of anilines is 1. The van der Waals surface area contributed by atoms with E-state index in [4.69, 9.17) is 0 Å². The van der Waals surface area contributed by atoms with Gasteiger partial charge in [-0.15, -0.1) is 0 Å². The largest absolute Gasteiger partial charge is 0.380 e. The second-order valence-electron chi connectivity index (χ2n) is 5.67. The molecule has 2 aromatic rings. The van der Waals surface area contributed by atoms with Gasteiger partial charge in [-0.1, -0.05) is 55.6 Å². The zero-order chi connectivity index (χ0) is 15.5. The molecule has 2 heteroatoms. The van der Waals surface area contributed by atoms with Crippen LogP contribution >= 0.6 is 0 Å². The summed E-state index contributed by atoms with van der Waals surface area (Å²) in [7, 11) is 2.03. The van der Waals surface area contributed by atoms with Crippen LogP contribution in [0.25, 0.3) is 12.2 Å². The van der Waals surface area contributed by atoms with Gasteiger partial charge in [-0.25, -0.2) is 0 Å². The van der Waals surface area contributed by atoms with Crippen LogP contribution in [-0.2, 0) is 6.42 Å². The van der Waals surface area contributed by atoms with E-state index in [1.807, 2.05) is 19.2 Å². The summed E-state index contributed by atoms with van der Waals surface area (Å²) in [5.41, 5.74) is 6.16. The number of benzene rings is 2. The zero-order valence-electron chi connectivity index (χ0n) is 13.0. The average molecular weight is 290 g/mol. The maximum absolute atomic E-state index is 3.89. The van der Waals surface area contributed by atoms with Gasteiger partial charge in [0, 0.05) is 11.7 Å². The summed E-state index contributed by atoms with van der Waals surface area (Å²) in [4.78, 5) is 0. The summed E-state index contributed by atoms with van der Waals surface area (Å²) in [6.45, 7) is 7.73. The fraction of sp³-hybridized carbons (Fsp3) is 0.200. The quantitative estimate of drug-likeness (QED) is 0.859. The van der Waals surface area contributed by atoms with Crippen LogP contribution in [0, 0.1) is 0 Å². The summed E-state index contributed by atoms with van der Waals surface area (Å²) in [6.07, 6.45) is 4.78. The molecule has 0 radical (unpaired) electrons. The lowest BCUT2D eigenvalue weighted by Crippen LogP contribution is -2.32. The molecule has 112 valence electrons. The molecule has 0 aromatic heterocycles. The Hall–Kier alpha value is -2.32. The van der Waals surface area contributed by atoms with Crippen molar-refractivity contribution in [2.75, 3.05) is 12.4 Å². The molecule has 2 unspecified atom stereocenters. The van der Waals surface area contributed by atoms with Gasteiger partial charge in [0.15, 0.2) is 0 Å². The highest BCUT2D eigenvalue weighted by molar-refractivity contribution is 5.68. The third-order valence-electron chi connectivity index (χ3n) is 4.42. The Bertz CT molecular complexity index is 703. The molecular formula is C20H22N2. The van der Waals surface area contributed by atoms with Crippen LogP contribution in [-0.4, -0.2) is 13.1 Å². The normalized spacial score (nSPS) is 19.5. The SMILES string of the molecule is C=Cc1ccc(NC2Cc3ccccc3C2NC)cc1C=C. The van der Waals surface area contributed by atoms with Crippen molar-refractivity contribution in [3.63, 3.8) is 0 Å². The van der Waals surface area contributed by atoms with Gasteiger partial charge in [0.1, 0.15) is 0 Å². The van der Waals surface area contributed by atoms with Gasteiger partial charge in [-0.2, -0.15) is 0 Å². The van der Waals surface area contributed by atoms with Crippen molar-refractivity contribution in [1.82, 2.24) is 5.32 Å². The van der Waals surface area contributed by atoms with E-state index < -0.39 is 0 Å². The monoisotopic (exact) mass is 290 g/mol. The fourth-order valence-electron chi connectivity index (χ4n) is 3.33. The Morgan fingerprint density at radius 2 is 1.82 bits per heavy atom. The van der Waals surface area contributed by atoms with Gasteiger partial charge >= 0.3 is 0 Å². The average Bonchev–Trinajstić information content (AvgIpc) is 2.91. The van der Waals surface area contributed by atoms with Gasteiger partial charge in [0.2, 0.25) is 0 Å². The Morgan fingerprint density at radius 1 is 1.05 bits per heavy atom. The summed E-state index contributed by atoms with van der Waals surface area (Å²) >= 11 is 0. The van der Waals surface area contributed by atoms with Crippen LogP contribution < -0.4 is 10.6 Å². The molecule has 0 saturated carbocycles. The first-order chi connectivity index (χ1) is 10.8. The van der Waals surface area contributed by atoms with Crippen LogP contribution in [0.2, 0.25) is 0 Å². The molecular weight excluding hydrogens is 268 g/mol. The highest BCUT2D eigenvalue weighted by Gasteiger charge is 2.30. The molecule has 0 bridgehead atoms.